The summed E-state index contributed by atoms with van der Waals surface area (Å²) in [7, 11) is 0. The average Bonchev–Trinajstić information content (AvgIpc) is 3.36. The molecule has 0 fully saturated rings. The van der Waals surface area contributed by atoms with Gasteiger partial charge in [-0.3, -0.25) is 10.1 Å². The Labute approximate surface area is 172 Å². The first kappa shape index (κ1) is 18.6. The molecule has 2 aromatic carbocycles. The molecule has 0 saturated heterocycles. The number of aryl methyl sites for hydroxylation is 1. The zero-order valence-corrected chi connectivity index (χ0v) is 16.3. The second kappa shape index (κ2) is 8.12. The van der Waals surface area contributed by atoms with E-state index in [1.807, 2.05) is 49.4 Å². The number of thiocarbonyl (C=S) groups is 1. The van der Waals surface area contributed by atoms with Crippen LogP contribution in [0.3, 0.4) is 0 Å². The van der Waals surface area contributed by atoms with Crippen LogP contribution in [0.15, 0.2) is 75.8 Å². The number of fused-ring (bicyclic) bond motifs is 1. The first-order valence-corrected chi connectivity index (χ1v) is 9.29. The number of hydrogen-bond donors (Lipinski definition) is 2. The first-order valence-electron chi connectivity index (χ1n) is 8.88. The van der Waals surface area contributed by atoms with Gasteiger partial charge in [0.05, 0.1) is 6.26 Å². The number of oxazole rings is 1. The Morgan fingerprint density at radius 1 is 1.14 bits per heavy atom. The van der Waals surface area contributed by atoms with Crippen molar-refractivity contribution in [2.24, 2.45) is 0 Å². The summed E-state index contributed by atoms with van der Waals surface area (Å²) in [5.41, 5.74) is 4.29. The van der Waals surface area contributed by atoms with Gasteiger partial charge in [-0.15, -0.1) is 0 Å². The third kappa shape index (κ3) is 4.59. The summed E-state index contributed by atoms with van der Waals surface area (Å²) in [5, 5.41) is 5.75. The largest absolute Gasteiger partial charge is 0.465 e. The fourth-order valence-corrected chi connectivity index (χ4v) is 2.94. The Morgan fingerprint density at radius 3 is 2.72 bits per heavy atom. The minimum atomic E-state index is -0.350. The summed E-state index contributed by atoms with van der Waals surface area (Å²) in [6.07, 6.45) is 4.45. The van der Waals surface area contributed by atoms with Crippen LogP contribution in [0.5, 0.6) is 0 Å². The summed E-state index contributed by atoms with van der Waals surface area (Å²) >= 11 is 5.18. The minimum Gasteiger partial charge on any atom is -0.465 e. The van der Waals surface area contributed by atoms with Crippen LogP contribution in [0.4, 0.5) is 5.69 Å². The number of benzene rings is 2. The number of aromatic nitrogens is 1. The van der Waals surface area contributed by atoms with Crippen molar-refractivity contribution in [2.75, 3.05) is 5.32 Å². The van der Waals surface area contributed by atoms with E-state index < -0.39 is 0 Å². The van der Waals surface area contributed by atoms with E-state index in [4.69, 9.17) is 21.1 Å². The number of hydrogen-bond acceptors (Lipinski definition) is 5. The van der Waals surface area contributed by atoms with Crippen molar-refractivity contribution >= 4 is 46.1 Å². The van der Waals surface area contributed by atoms with Crippen molar-refractivity contribution in [3.8, 4) is 11.5 Å². The quantitative estimate of drug-likeness (QED) is 0.372. The van der Waals surface area contributed by atoms with Gasteiger partial charge in [-0.25, -0.2) is 4.98 Å². The van der Waals surface area contributed by atoms with Gasteiger partial charge in [-0.05, 0) is 79.3 Å². The molecule has 0 aliphatic heterocycles. The maximum absolute atomic E-state index is 11.9. The standard InChI is InChI=1S/C22H17N3O3S/c1-14-4-10-19-18(13-14)24-21(28-19)15-5-7-16(8-6-15)23-22(29)25-20(26)11-9-17-3-2-12-27-17/h2-13H,1H3,(H2,23,25,26,29). The van der Waals surface area contributed by atoms with E-state index in [2.05, 4.69) is 15.6 Å². The SMILES string of the molecule is Cc1ccc2oc(-c3ccc(NC(=S)NC(=O)C=Cc4ccco4)cc3)nc2c1. The predicted octanol–water partition coefficient (Wildman–Crippen LogP) is 4.92. The van der Waals surface area contributed by atoms with Gasteiger partial charge in [-0.1, -0.05) is 6.07 Å². The molecule has 144 valence electrons. The highest BCUT2D eigenvalue weighted by Crippen LogP contribution is 2.25. The number of carbonyl (C=O) groups is 1. The molecule has 29 heavy (non-hydrogen) atoms. The Hall–Kier alpha value is -3.71. The molecule has 0 aliphatic carbocycles. The van der Waals surface area contributed by atoms with Crippen molar-refractivity contribution in [3.63, 3.8) is 0 Å². The molecule has 0 radical (unpaired) electrons. The number of carbonyl (C=O) groups excluding carboxylic acids is 1. The first-order chi connectivity index (χ1) is 14.1. The van der Waals surface area contributed by atoms with E-state index >= 15 is 0 Å². The van der Waals surface area contributed by atoms with Crippen LogP contribution in [-0.4, -0.2) is 16.0 Å². The lowest BCUT2D eigenvalue weighted by atomic mass is 10.2. The lowest BCUT2D eigenvalue weighted by Crippen LogP contribution is -2.32. The van der Waals surface area contributed by atoms with Crippen molar-refractivity contribution in [3.05, 3.63) is 78.3 Å². The van der Waals surface area contributed by atoms with Crippen LogP contribution >= 0.6 is 12.2 Å². The summed E-state index contributed by atoms with van der Waals surface area (Å²) in [6, 6.07) is 16.8. The molecule has 2 aromatic heterocycles. The summed E-state index contributed by atoms with van der Waals surface area (Å²) in [6.45, 7) is 2.02. The molecule has 0 atom stereocenters. The van der Waals surface area contributed by atoms with Crippen LogP contribution < -0.4 is 10.6 Å². The van der Waals surface area contributed by atoms with Gasteiger partial charge in [-0.2, -0.15) is 0 Å². The molecule has 4 rings (SSSR count). The van der Waals surface area contributed by atoms with Crippen molar-refractivity contribution in [1.82, 2.24) is 10.3 Å². The van der Waals surface area contributed by atoms with Gasteiger partial charge in [0.15, 0.2) is 10.7 Å². The summed E-state index contributed by atoms with van der Waals surface area (Å²) in [5.74, 6) is 0.789. The Bertz CT molecular complexity index is 1190. The molecule has 0 spiro atoms. The topological polar surface area (TPSA) is 80.3 Å². The highest BCUT2D eigenvalue weighted by atomic mass is 32.1. The Kier molecular flexibility index (Phi) is 5.22. The monoisotopic (exact) mass is 403 g/mol. The molecule has 2 heterocycles. The fraction of sp³-hybridized carbons (Fsp3) is 0.0455. The van der Waals surface area contributed by atoms with Crippen molar-refractivity contribution in [2.45, 2.75) is 6.92 Å². The van der Waals surface area contributed by atoms with Gasteiger partial charge >= 0.3 is 0 Å². The number of amides is 1. The summed E-state index contributed by atoms with van der Waals surface area (Å²) in [4.78, 5) is 16.4. The maximum Gasteiger partial charge on any atom is 0.250 e. The number of rotatable bonds is 4. The van der Waals surface area contributed by atoms with E-state index in [9.17, 15) is 4.79 Å². The van der Waals surface area contributed by atoms with Gasteiger partial charge in [0, 0.05) is 17.3 Å². The number of nitrogens with one attached hydrogen (secondary N) is 2. The molecule has 4 aromatic rings. The second-order valence-corrected chi connectivity index (χ2v) is 6.77. The van der Waals surface area contributed by atoms with Gasteiger partial charge in [0.25, 0.3) is 0 Å². The van der Waals surface area contributed by atoms with Gasteiger partial charge < -0.3 is 14.2 Å². The molecule has 6 nitrogen and oxygen atoms in total. The zero-order valence-electron chi connectivity index (χ0n) is 15.5. The molecule has 0 aliphatic rings. The third-order valence-electron chi connectivity index (χ3n) is 4.11. The highest BCUT2D eigenvalue weighted by molar-refractivity contribution is 7.80. The molecule has 0 saturated carbocycles. The third-order valence-corrected chi connectivity index (χ3v) is 4.32. The number of anilines is 1. The van der Waals surface area contributed by atoms with Gasteiger partial charge in [0.1, 0.15) is 11.3 Å². The second-order valence-electron chi connectivity index (χ2n) is 6.36. The van der Waals surface area contributed by atoms with Crippen LogP contribution in [0.2, 0.25) is 0 Å². The van der Waals surface area contributed by atoms with Gasteiger partial charge in [0.2, 0.25) is 11.8 Å². The van der Waals surface area contributed by atoms with E-state index in [0.717, 1.165) is 27.9 Å². The summed E-state index contributed by atoms with van der Waals surface area (Å²) < 4.78 is 10.9. The van der Waals surface area contributed by atoms with E-state index in [-0.39, 0.29) is 11.0 Å². The van der Waals surface area contributed by atoms with Crippen molar-refractivity contribution < 1.29 is 13.6 Å². The van der Waals surface area contributed by atoms with E-state index in [1.54, 1.807) is 18.2 Å². The van der Waals surface area contributed by atoms with Crippen LogP contribution in [0.1, 0.15) is 11.3 Å². The number of furan rings is 1. The van der Waals surface area contributed by atoms with Crippen LogP contribution in [0, 0.1) is 6.92 Å². The molecule has 1 amide bonds. The van der Waals surface area contributed by atoms with E-state index in [0.29, 0.717) is 11.7 Å². The van der Waals surface area contributed by atoms with Crippen molar-refractivity contribution in [1.29, 1.82) is 0 Å². The smallest absolute Gasteiger partial charge is 0.250 e. The minimum absolute atomic E-state index is 0.198. The predicted molar refractivity (Wildman–Crippen MR) is 116 cm³/mol. The molecule has 2 N–H and O–H groups in total. The number of nitrogens with zero attached hydrogens (tertiary/aromatic N) is 1. The lowest BCUT2D eigenvalue weighted by molar-refractivity contribution is -0.115. The molecular weight excluding hydrogens is 386 g/mol. The van der Waals surface area contributed by atoms with Crippen LogP contribution in [-0.2, 0) is 4.79 Å². The average molecular weight is 403 g/mol. The molecule has 7 heteroatoms. The molecule has 0 bridgehead atoms. The Morgan fingerprint density at radius 2 is 1.97 bits per heavy atom. The Balaban J connectivity index is 1.38. The van der Waals surface area contributed by atoms with E-state index in [1.165, 1.54) is 12.3 Å². The van der Waals surface area contributed by atoms with Crippen LogP contribution in [0.25, 0.3) is 28.6 Å². The zero-order chi connectivity index (χ0) is 20.2. The molecular formula is C22H17N3O3S. The normalized spacial score (nSPS) is 11.1. The highest BCUT2D eigenvalue weighted by Gasteiger charge is 2.09. The fourth-order valence-electron chi connectivity index (χ4n) is 2.72. The lowest BCUT2D eigenvalue weighted by Gasteiger charge is -2.08. The molecule has 0 unspecified atom stereocenters. The maximum atomic E-state index is 11.9.